The third-order valence-electron chi connectivity index (χ3n) is 3.93. The van der Waals surface area contributed by atoms with Gasteiger partial charge in [0.1, 0.15) is 12.1 Å². The van der Waals surface area contributed by atoms with Crippen LogP contribution in [-0.2, 0) is 19.2 Å². The number of carboxylic acids is 1. The smallest absolute Gasteiger partial charge is 0.326 e. The van der Waals surface area contributed by atoms with Gasteiger partial charge in [0.05, 0.1) is 6.04 Å². The highest BCUT2D eigenvalue weighted by atomic mass is 16.4. The van der Waals surface area contributed by atoms with Crippen LogP contribution in [0.3, 0.4) is 0 Å². The molecule has 0 aromatic carbocycles. The maximum Gasteiger partial charge on any atom is 0.326 e. The summed E-state index contributed by atoms with van der Waals surface area (Å²) in [6.07, 6.45) is 0.556. The van der Waals surface area contributed by atoms with Crippen LogP contribution in [-0.4, -0.2) is 59.4 Å². The zero-order valence-corrected chi connectivity index (χ0v) is 16.9. The number of primary amides is 1. The van der Waals surface area contributed by atoms with Crippen LogP contribution < -0.4 is 33.6 Å². The summed E-state index contributed by atoms with van der Waals surface area (Å²) in [6, 6.07) is -3.17. The summed E-state index contributed by atoms with van der Waals surface area (Å²) in [5, 5.41) is 14.1. The lowest BCUT2D eigenvalue weighted by atomic mass is 10.0. The van der Waals surface area contributed by atoms with E-state index >= 15 is 0 Å². The molecule has 12 heteroatoms. The SMILES string of the molecule is CC(C)C[C@H](N)C(=O)N[C@@H](CCCN=C(N)N)C(=O)N[C@@H](CCC(N)=O)C(=O)O. The van der Waals surface area contributed by atoms with Crippen molar-refractivity contribution >= 4 is 29.7 Å². The lowest BCUT2D eigenvalue weighted by Gasteiger charge is -2.23. The Hall–Kier alpha value is -2.89. The largest absolute Gasteiger partial charge is 0.480 e. The van der Waals surface area contributed by atoms with Gasteiger partial charge in [-0.1, -0.05) is 13.8 Å². The predicted octanol–water partition coefficient (Wildman–Crippen LogP) is -2.27. The number of nitrogens with zero attached hydrogens (tertiary/aromatic N) is 1. The number of rotatable bonds is 14. The molecule has 0 rings (SSSR count). The van der Waals surface area contributed by atoms with E-state index in [1.807, 2.05) is 13.8 Å². The maximum absolute atomic E-state index is 12.6. The minimum absolute atomic E-state index is 0.105. The van der Waals surface area contributed by atoms with Gasteiger partial charge in [0, 0.05) is 13.0 Å². The summed E-state index contributed by atoms with van der Waals surface area (Å²) in [7, 11) is 0. The fraction of sp³-hybridized carbons (Fsp3) is 0.706. The predicted molar refractivity (Wildman–Crippen MR) is 107 cm³/mol. The highest BCUT2D eigenvalue weighted by Gasteiger charge is 2.28. The zero-order chi connectivity index (χ0) is 22.6. The van der Waals surface area contributed by atoms with Gasteiger partial charge in [-0.15, -0.1) is 0 Å². The Bertz CT molecular complexity index is 605. The van der Waals surface area contributed by atoms with E-state index in [1.165, 1.54) is 0 Å². The monoisotopic (exact) mass is 415 g/mol. The topological polar surface area (TPSA) is 229 Å². The molecule has 0 spiro atoms. The Morgan fingerprint density at radius 3 is 2.03 bits per heavy atom. The van der Waals surface area contributed by atoms with Crippen LogP contribution in [0.5, 0.6) is 0 Å². The lowest BCUT2D eigenvalue weighted by Crippen LogP contribution is -2.54. The van der Waals surface area contributed by atoms with E-state index in [0.717, 1.165) is 0 Å². The standard InChI is InChI=1S/C17H33N7O5/c1-9(2)8-10(18)14(26)23-11(4-3-7-22-17(20)21)15(27)24-12(16(28)29)5-6-13(19)25/h9-12H,3-8,18H2,1-2H3,(H2,19,25)(H,23,26)(H,24,27)(H,28,29)(H4,20,21,22)/t10-,11-,12-/m0/s1. The summed E-state index contributed by atoms with van der Waals surface area (Å²) < 4.78 is 0. The van der Waals surface area contributed by atoms with Gasteiger partial charge in [0.2, 0.25) is 17.7 Å². The van der Waals surface area contributed by atoms with Crippen LogP contribution in [0.2, 0.25) is 0 Å². The first-order chi connectivity index (χ1) is 13.4. The molecule has 0 fully saturated rings. The molecule has 0 aromatic rings. The van der Waals surface area contributed by atoms with Gasteiger partial charge in [0.25, 0.3) is 0 Å². The fourth-order valence-corrected chi connectivity index (χ4v) is 2.48. The number of carboxylic acid groups (broad SMARTS) is 1. The highest BCUT2D eigenvalue weighted by molar-refractivity contribution is 5.91. The molecule has 0 saturated carbocycles. The van der Waals surface area contributed by atoms with Crippen LogP contribution in [0.25, 0.3) is 0 Å². The van der Waals surface area contributed by atoms with Gasteiger partial charge in [-0.25, -0.2) is 4.79 Å². The number of hydrogen-bond acceptors (Lipinski definition) is 6. The van der Waals surface area contributed by atoms with Crippen LogP contribution in [0.1, 0.15) is 46.0 Å². The van der Waals surface area contributed by atoms with Gasteiger partial charge in [-0.2, -0.15) is 0 Å². The van der Waals surface area contributed by atoms with Gasteiger partial charge in [-0.05, 0) is 31.6 Å². The minimum Gasteiger partial charge on any atom is -0.480 e. The van der Waals surface area contributed by atoms with Crippen molar-refractivity contribution < 1.29 is 24.3 Å². The first-order valence-corrected chi connectivity index (χ1v) is 9.36. The quantitative estimate of drug-likeness (QED) is 0.0926. The number of guanidine groups is 1. The normalized spacial score (nSPS) is 13.8. The van der Waals surface area contributed by atoms with Crippen molar-refractivity contribution in [3.8, 4) is 0 Å². The molecule has 29 heavy (non-hydrogen) atoms. The molecule has 0 aliphatic rings. The van der Waals surface area contributed by atoms with Crippen molar-refractivity contribution in [2.24, 2.45) is 33.8 Å². The molecule has 11 N–H and O–H groups in total. The second-order valence-electron chi connectivity index (χ2n) is 7.15. The second-order valence-corrected chi connectivity index (χ2v) is 7.15. The molecule has 0 aliphatic carbocycles. The van der Waals surface area contributed by atoms with Crippen LogP contribution in [0, 0.1) is 5.92 Å². The molecule has 3 atom stereocenters. The van der Waals surface area contributed by atoms with E-state index < -0.39 is 41.8 Å². The van der Waals surface area contributed by atoms with Gasteiger partial charge >= 0.3 is 5.97 Å². The molecule has 0 radical (unpaired) electrons. The first-order valence-electron chi connectivity index (χ1n) is 9.36. The van der Waals surface area contributed by atoms with Crippen LogP contribution >= 0.6 is 0 Å². The van der Waals surface area contributed by atoms with Crippen LogP contribution in [0.15, 0.2) is 4.99 Å². The number of nitrogens with one attached hydrogen (secondary N) is 2. The Morgan fingerprint density at radius 2 is 1.55 bits per heavy atom. The number of amides is 3. The summed E-state index contributed by atoms with van der Waals surface area (Å²) in [4.78, 5) is 50.9. The third-order valence-corrected chi connectivity index (χ3v) is 3.93. The minimum atomic E-state index is -1.32. The fourth-order valence-electron chi connectivity index (χ4n) is 2.48. The number of aliphatic imine (C=N–C) groups is 1. The van der Waals surface area contributed by atoms with Crippen molar-refractivity contribution in [2.75, 3.05) is 6.54 Å². The summed E-state index contributed by atoms with van der Waals surface area (Å²) >= 11 is 0. The van der Waals surface area contributed by atoms with E-state index in [9.17, 15) is 24.3 Å². The molecule has 166 valence electrons. The summed E-state index contributed by atoms with van der Waals surface area (Å²) in [5.41, 5.74) is 21.4. The Labute approximate surface area is 169 Å². The summed E-state index contributed by atoms with van der Waals surface area (Å²) in [5.74, 6) is -3.17. The van der Waals surface area contributed by atoms with Gasteiger partial charge in [0.15, 0.2) is 5.96 Å². The number of aliphatic carboxylic acids is 1. The van der Waals surface area contributed by atoms with Crippen molar-refractivity contribution in [3.63, 3.8) is 0 Å². The Balaban J connectivity index is 5.14. The Kier molecular flexibility index (Phi) is 12.0. The Morgan fingerprint density at radius 1 is 0.966 bits per heavy atom. The van der Waals surface area contributed by atoms with Crippen molar-refractivity contribution in [3.05, 3.63) is 0 Å². The zero-order valence-electron chi connectivity index (χ0n) is 16.9. The van der Waals surface area contributed by atoms with E-state index in [-0.39, 0.29) is 37.7 Å². The lowest BCUT2D eigenvalue weighted by molar-refractivity contribution is -0.142. The van der Waals surface area contributed by atoms with Crippen molar-refractivity contribution in [1.29, 1.82) is 0 Å². The van der Waals surface area contributed by atoms with Crippen LogP contribution in [0.4, 0.5) is 0 Å². The highest BCUT2D eigenvalue weighted by Crippen LogP contribution is 2.06. The third kappa shape index (κ3) is 12.2. The molecule has 0 aromatic heterocycles. The maximum atomic E-state index is 12.6. The molecular weight excluding hydrogens is 382 g/mol. The first kappa shape index (κ1) is 26.1. The average molecular weight is 415 g/mol. The molecule has 12 nitrogen and oxygen atoms in total. The molecule has 0 aliphatic heterocycles. The van der Waals surface area contributed by atoms with E-state index in [4.69, 9.17) is 22.9 Å². The second kappa shape index (κ2) is 13.3. The number of nitrogens with two attached hydrogens (primary N) is 4. The van der Waals surface area contributed by atoms with E-state index in [2.05, 4.69) is 15.6 Å². The average Bonchev–Trinajstić information content (AvgIpc) is 2.59. The molecular formula is C17H33N7O5. The number of hydrogen-bond donors (Lipinski definition) is 7. The molecule has 3 amide bonds. The van der Waals surface area contributed by atoms with Gasteiger partial charge < -0.3 is 38.7 Å². The summed E-state index contributed by atoms with van der Waals surface area (Å²) in [6.45, 7) is 4.04. The van der Waals surface area contributed by atoms with Crippen molar-refractivity contribution in [1.82, 2.24) is 10.6 Å². The van der Waals surface area contributed by atoms with Gasteiger partial charge in [-0.3, -0.25) is 19.4 Å². The number of carbonyl (C=O) groups is 4. The van der Waals surface area contributed by atoms with Crippen molar-refractivity contribution in [2.45, 2.75) is 64.1 Å². The molecule has 0 saturated heterocycles. The molecule has 0 heterocycles. The van der Waals surface area contributed by atoms with E-state index in [0.29, 0.717) is 12.8 Å². The molecule has 0 bridgehead atoms. The van der Waals surface area contributed by atoms with E-state index in [1.54, 1.807) is 0 Å². The molecule has 0 unspecified atom stereocenters. The number of carbonyl (C=O) groups excluding carboxylic acids is 3.